The van der Waals surface area contributed by atoms with E-state index in [4.69, 9.17) is 11.6 Å². The first-order valence-electron chi connectivity index (χ1n) is 5.26. The van der Waals surface area contributed by atoms with Crippen LogP contribution < -0.4 is 5.32 Å². The number of anilines is 1. The summed E-state index contributed by atoms with van der Waals surface area (Å²) in [7, 11) is 0. The van der Waals surface area contributed by atoms with Crippen molar-refractivity contribution in [1.82, 2.24) is 4.98 Å². The van der Waals surface area contributed by atoms with E-state index in [1.165, 1.54) is 12.1 Å². The van der Waals surface area contributed by atoms with Crippen molar-refractivity contribution in [1.29, 1.82) is 0 Å². The van der Waals surface area contributed by atoms with Crippen LogP contribution in [0.25, 0.3) is 0 Å². The third-order valence-corrected chi connectivity index (χ3v) is 2.73. The van der Waals surface area contributed by atoms with Gasteiger partial charge in [0.05, 0.1) is 17.9 Å². The number of hydrogen-bond acceptors (Lipinski definition) is 2. The first-order chi connectivity index (χ1) is 8.16. The summed E-state index contributed by atoms with van der Waals surface area (Å²) in [6, 6.07) is 8.27. The number of nitrogens with one attached hydrogen (secondary N) is 1. The van der Waals surface area contributed by atoms with Crippen LogP contribution in [0.2, 0.25) is 5.02 Å². The molecule has 0 atom stereocenters. The van der Waals surface area contributed by atoms with Crippen molar-refractivity contribution in [2.45, 2.75) is 13.5 Å². The molecule has 0 amide bonds. The van der Waals surface area contributed by atoms with Gasteiger partial charge in [0.2, 0.25) is 0 Å². The monoisotopic (exact) mass is 250 g/mol. The standard InChI is InChI=1S/C13H12ClFN2/c1-9-3-2-6-16-13(9)8-17-12-7-10(14)4-5-11(12)15/h2-7,17H,8H2,1H3. The van der Waals surface area contributed by atoms with E-state index in [1.54, 1.807) is 12.3 Å². The second-order valence-electron chi connectivity index (χ2n) is 3.74. The molecule has 0 bridgehead atoms. The van der Waals surface area contributed by atoms with Gasteiger partial charge in [-0.2, -0.15) is 0 Å². The summed E-state index contributed by atoms with van der Waals surface area (Å²) in [5.41, 5.74) is 2.36. The van der Waals surface area contributed by atoms with Gasteiger partial charge in [-0.3, -0.25) is 4.98 Å². The highest BCUT2D eigenvalue weighted by Gasteiger charge is 2.04. The van der Waals surface area contributed by atoms with Crippen LogP contribution in [0.5, 0.6) is 0 Å². The molecule has 0 spiro atoms. The lowest BCUT2D eigenvalue weighted by Gasteiger charge is -2.09. The smallest absolute Gasteiger partial charge is 0.146 e. The van der Waals surface area contributed by atoms with Gasteiger partial charge in [-0.05, 0) is 36.8 Å². The van der Waals surface area contributed by atoms with Gasteiger partial charge >= 0.3 is 0 Å². The first kappa shape index (κ1) is 11.9. The molecule has 0 fully saturated rings. The van der Waals surface area contributed by atoms with E-state index in [1.807, 2.05) is 19.1 Å². The van der Waals surface area contributed by atoms with Gasteiger partial charge in [-0.15, -0.1) is 0 Å². The van der Waals surface area contributed by atoms with E-state index < -0.39 is 0 Å². The fourth-order valence-corrected chi connectivity index (χ4v) is 1.69. The maximum absolute atomic E-state index is 13.4. The Morgan fingerprint density at radius 3 is 2.94 bits per heavy atom. The molecule has 0 aliphatic heterocycles. The van der Waals surface area contributed by atoms with E-state index >= 15 is 0 Å². The van der Waals surface area contributed by atoms with Crippen molar-refractivity contribution in [2.24, 2.45) is 0 Å². The Labute approximate surface area is 104 Å². The van der Waals surface area contributed by atoms with Crippen LogP contribution >= 0.6 is 11.6 Å². The molecule has 88 valence electrons. The van der Waals surface area contributed by atoms with Crippen molar-refractivity contribution < 1.29 is 4.39 Å². The van der Waals surface area contributed by atoms with E-state index in [-0.39, 0.29) is 5.82 Å². The van der Waals surface area contributed by atoms with Crippen LogP contribution in [-0.2, 0) is 6.54 Å². The molecule has 1 aromatic carbocycles. The molecule has 0 radical (unpaired) electrons. The Bertz CT molecular complexity index is 529. The number of aromatic nitrogens is 1. The SMILES string of the molecule is Cc1cccnc1CNc1cc(Cl)ccc1F. The zero-order valence-corrected chi connectivity index (χ0v) is 10.1. The van der Waals surface area contributed by atoms with Gasteiger partial charge < -0.3 is 5.32 Å². The van der Waals surface area contributed by atoms with Crippen molar-refractivity contribution in [3.63, 3.8) is 0 Å². The van der Waals surface area contributed by atoms with Crippen molar-refractivity contribution in [2.75, 3.05) is 5.32 Å². The van der Waals surface area contributed by atoms with Gasteiger partial charge in [-0.1, -0.05) is 17.7 Å². The minimum absolute atomic E-state index is 0.317. The number of pyridine rings is 1. The van der Waals surface area contributed by atoms with Gasteiger partial charge in [0.15, 0.2) is 0 Å². The highest BCUT2D eigenvalue weighted by atomic mass is 35.5. The second kappa shape index (κ2) is 5.15. The topological polar surface area (TPSA) is 24.9 Å². The van der Waals surface area contributed by atoms with Gasteiger partial charge in [0, 0.05) is 11.2 Å². The molecule has 0 unspecified atom stereocenters. The molecule has 1 aromatic heterocycles. The molecule has 0 saturated carbocycles. The summed E-state index contributed by atoms with van der Waals surface area (Å²) >= 11 is 5.81. The Morgan fingerprint density at radius 1 is 1.35 bits per heavy atom. The average molecular weight is 251 g/mol. The Balaban J connectivity index is 2.12. The molecule has 17 heavy (non-hydrogen) atoms. The summed E-state index contributed by atoms with van der Waals surface area (Å²) in [6.45, 7) is 2.45. The molecule has 2 aromatic rings. The van der Waals surface area contributed by atoms with Crippen LogP contribution in [0.3, 0.4) is 0 Å². The summed E-state index contributed by atoms with van der Waals surface area (Å²) in [5, 5.41) is 3.50. The zero-order chi connectivity index (χ0) is 12.3. The minimum atomic E-state index is -0.317. The maximum atomic E-state index is 13.4. The van der Waals surface area contributed by atoms with E-state index in [0.29, 0.717) is 17.3 Å². The normalized spacial score (nSPS) is 10.3. The number of rotatable bonds is 3. The van der Waals surface area contributed by atoms with Crippen LogP contribution in [0.4, 0.5) is 10.1 Å². The maximum Gasteiger partial charge on any atom is 0.146 e. The van der Waals surface area contributed by atoms with Crippen LogP contribution in [0.1, 0.15) is 11.3 Å². The molecule has 0 aliphatic rings. The van der Waals surface area contributed by atoms with Gasteiger partial charge in [-0.25, -0.2) is 4.39 Å². The van der Waals surface area contributed by atoms with Crippen LogP contribution in [-0.4, -0.2) is 4.98 Å². The fraction of sp³-hybridized carbons (Fsp3) is 0.154. The molecular formula is C13H12ClFN2. The highest BCUT2D eigenvalue weighted by molar-refractivity contribution is 6.30. The average Bonchev–Trinajstić information content (AvgIpc) is 2.32. The molecule has 4 heteroatoms. The lowest BCUT2D eigenvalue weighted by Crippen LogP contribution is -2.04. The fourth-order valence-electron chi connectivity index (χ4n) is 1.52. The molecule has 1 N–H and O–H groups in total. The number of halogens is 2. The van der Waals surface area contributed by atoms with Crippen LogP contribution in [0.15, 0.2) is 36.5 Å². The van der Waals surface area contributed by atoms with E-state index in [2.05, 4.69) is 10.3 Å². The number of benzene rings is 1. The third kappa shape index (κ3) is 2.94. The predicted octanol–water partition coefficient (Wildman–Crippen LogP) is 3.79. The highest BCUT2D eigenvalue weighted by Crippen LogP contribution is 2.20. The van der Waals surface area contributed by atoms with Crippen molar-refractivity contribution in [3.05, 3.63) is 58.6 Å². The molecular weight excluding hydrogens is 239 g/mol. The third-order valence-electron chi connectivity index (χ3n) is 2.49. The second-order valence-corrected chi connectivity index (χ2v) is 4.18. The Kier molecular flexibility index (Phi) is 3.59. The summed E-state index contributed by atoms with van der Waals surface area (Å²) < 4.78 is 13.4. The zero-order valence-electron chi connectivity index (χ0n) is 9.37. The lowest BCUT2D eigenvalue weighted by atomic mass is 10.2. The summed E-state index contributed by atoms with van der Waals surface area (Å²) in [6.07, 6.45) is 1.72. The lowest BCUT2D eigenvalue weighted by molar-refractivity contribution is 0.630. The molecule has 0 aliphatic carbocycles. The first-order valence-corrected chi connectivity index (χ1v) is 5.64. The van der Waals surface area contributed by atoms with Crippen LogP contribution in [0, 0.1) is 12.7 Å². The van der Waals surface area contributed by atoms with Crippen molar-refractivity contribution >= 4 is 17.3 Å². The quantitative estimate of drug-likeness (QED) is 0.896. The molecule has 2 rings (SSSR count). The van der Waals surface area contributed by atoms with Gasteiger partial charge in [0.1, 0.15) is 5.82 Å². The Morgan fingerprint density at radius 2 is 2.18 bits per heavy atom. The predicted molar refractivity (Wildman–Crippen MR) is 67.7 cm³/mol. The number of nitrogens with zero attached hydrogens (tertiary/aromatic N) is 1. The van der Waals surface area contributed by atoms with E-state index in [0.717, 1.165) is 11.3 Å². The Hall–Kier alpha value is -1.61. The number of aryl methyl sites for hydroxylation is 1. The van der Waals surface area contributed by atoms with Gasteiger partial charge in [0.25, 0.3) is 0 Å². The molecule has 0 saturated heterocycles. The number of hydrogen-bond donors (Lipinski definition) is 1. The minimum Gasteiger partial charge on any atom is -0.377 e. The largest absolute Gasteiger partial charge is 0.377 e. The van der Waals surface area contributed by atoms with Crippen molar-refractivity contribution in [3.8, 4) is 0 Å². The molecule has 2 nitrogen and oxygen atoms in total. The summed E-state index contributed by atoms with van der Waals surface area (Å²) in [4.78, 5) is 4.23. The molecule has 1 heterocycles. The summed E-state index contributed by atoms with van der Waals surface area (Å²) in [5.74, 6) is -0.317. The van der Waals surface area contributed by atoms with E-state index in [9.17, 15) is 4.39 Å².